The Hall–Kier alpha value is -3.61. The fraction of sp³-hybridized carbons (Fsp3) is 0.0800. The number of nitrogens with zero attached hydrogens (tertiary/aromatic N) is 1. The van der Waals surface area contributed by atoms with Crippen molar-refractivity contribution < 1.29 is 14.4 Å². The molecule has 0 saturated carbocycles. The summed E-state index contributed by atoms with van der Waals surface area (Å²) in [4.78, 5) is 39.3. The van der Waals surface area contributed by atoms with Crippen molar-refractivity contribution in [3.05, 3.63) is 99.7 Å². The van der Waals surface area contributed by atoms with Gasteiger partial charge in [-0.05, 0) is 60.5 Å². The average molecular weight is 480 g/mol. The summed E-state index contributed by atoms with van der Waals surface area (Å²) in [6, 6.07) is 20.5. The summed E-state index contributed by atoms with van der Waals surface area (Å²) in [5, 5.41) is 6.05. The van der Waals surface area contributed by atoms with Gasteiger partial charge in [-0.2, -0.15) is 0 Å². The van der Waals surface area contributed by atoms with Gasteiger partial charge in [0.15, 0.2) is 0 Å². The molecule has 0 unspecified atom stereocenters. The highest BCUT2D eigenvalue weighted by Gasteiger charge is 2.39. The minimum absolute atomic E-state index is 0.0643. The lowest BCUT2D eigenvalue weighted by molar-refractivity contribution is -0.120. The van der Waals surface area contributed by atoms with Crippen molar-refractivity contribution in [2.75, 3.05) is 15.5 Å². The molecule has 0 saturated heterocycles. The smallest absolute Gasteiger partial charge is 0.283 e. The number of aryl methyl sites for hydroxylation is 1. The van der Waals surface area contributed by atoms with E-state index in [2.05, 4.69) is 10.6 Å². The molecule has 6 nitrogen and oxygen atoms in total. The number of anilines is 3. The van der Waals surface area contributed by atoms with Crippen molar-refractivity contribution in [3.8, 4) is 0 Å². The van der Waals surface area contributed by atoms with Gasteiger partial charge >= 0.3 is 0 Å². The van der Waals surface area contributed by atoms with Gasteiger partial charge in [0, 0.05) is 22.0 Å². The Bertz CT molecular complexity index is 1290. The molecule has 166 valence electrons. The summed E-state index contributed by atoms with van der Waals surface area (Å²) in [5.41, 5.74) is 2.88. The van der Waals surface area contributed by atoms with Gasteiger partial charge in [0.25, 0.3) is 17.7 Å². The van der Waals surface area contributed by atoms with E-state index < -0.39 is 11.8 Å². The van der Waals surface area contributed by atoms with Gasteiger partial charge < -0.3 is 10.6 Å². The standard InChI is InChI=1S/C25H19Cl2N3O3/c1-2-15-6-3-4-9-20(15)29-23(31)16-7-5-8-18(14-16)28-22-21(27)24(32)30(25(22)33)19-12-10-17(26)11-13-19/h3-14,28H,2H2,1H3,(H,29,31). The number of benzene rings is 3. The largest absolute Gasteiger partial charge is 0.350 e. The highest BCUT2D eigenvalue weighted by atomic mass is 35.5. The molecule has 0 bridgehead atoms. The maximum Gasteiger partial charge on any atom is 0.283 e. The van der Waals surface area contributed by atoms with Crippen LogP contribution < -0.4 is 15.5 Å². The first-order valence-corrected chi connectivity index (χ1v) is 10.9. The molecule has 1 aliphatic heterocycles. The minimum Gasteiger partial charge on any atom is -0.350 e. The summed E-state index contributed by atoms with van der Waals surface area (Å²) in [5.74, 6) is -1.54. The van der Waals surface area contributed by atoms with Crippen LogP contribution in [0.5, 0.6) is 0 Å². The molecule has 0 aromatic heterocycles. The Kier molecular flexibility index (Phi) is 6.49. The fourth-order valence-corrected chi connectivity index (χ4v) is 3.80. The van der Waals surface area contributed by atoms with E-state index in [1.807, 2.05) is 31.2 Å². The topological polar surface area (TPSA) is 78.5 Å². The zero-order valence-corrected chi connectivity index (χ0v) is 19.1. The third kappa shape index (κ3) is 4.62. The summed E-state index contributed by atoms with van der Waals surface area (Å²) in [6.07, 6.45) is 0.783. The summed E-state index contributed by atoms with van der Waals surface area (Å²) < 4.78 is 0. The van der Waals surface area contributed by atoms with E-state index in [4.69, 9.17) is 23.2 Å². The molecular weight excluding hydrogens is 461 g/mol. The number of para-hydroxylation sites is 1. The van der Waals surface area contributed by atoms with Crippen molar-refractivity contribution in [3.63, 3.8) is 0 Å². The highest BCUT2D eigenvalue weighted by molar-refractivity contribution is 6.53. The molecule has 3 aromatic rings. The van der Waals surface area contributed by atoms with Gasteiger partial charge in [0.2, 0.25) is 0 Å². The third-order valence-electron chi connectivity index (χ3n) is 5.15. The molecule has 33 heavy (non-hydrogen) atoms. The maximum absolute atomic E-state index is 12.9. The second kappa shape index (κ2) is 9.48. The number of nitrogens with one attached hydrogen (secondary N) is 2. The summed E-state index contributed by atoms with van der Waals surface area (Å²) in [7, 11) is 0. The number of hydrogen-bond donors (Lipinski definition) is 2. The molecule has 4 rings (SSSR count). The lowest BCUT2D eigenvalue weighted by Gasteiger charge is -2.15. The van der Waals surface area contributed by atoms with Crippen LogP contribution in [0, 0.1) is 0 Å². The van der Waals surface area contributed by atoms with E-state index in [0.29, 0.717) is 22.0 Å². The van der Waals surface area contributed by atoms with Crippen LogP contribution in [0.25, 0.3) is 0 Å². The van der Waals surface area contributed by atoms with Crippen LogP contribution in [0.15, 0.2) is 83.5 Å². The Morgan fingerprint density at radius 1 is 0.909 bits per heavy atom. The van der Waals surface area contributed by atoms with E-state index in [9.17, 15) is 14.4 Å². The van der Waals surface area contributed by atoms with Crippen molar-refractivity contribution in [2.24, 2.45) is 0 Å². The number of amides is 3. The van der Waals surface area contributed by atoms with Gasteiger partial charge in [0.05, 0.1) is 5.69 Å². The van der Waals surface area contributed by atoms with Gasteiger partial charge in [-0.3, -0.25) is 14.4 Å². The number of halogens is 2. The molecule has 2 N–H and O–H groups in total. The Labute approximate surface area is 200 Å². The number of carbonyl (C=O) groups excluding carboxylic acids is 3. The number of imide groups is 1. The summed E-state index contributed by atoms with van der Waals surface area (Å²) in [6.45, 7) is 2.01. The first-order valence-electron chi connectivity index (χ1n) is 10.2. The first kappa shape index (κ1) is 22.6. The van der Waals surface area contributed by atoms with Crippen LogP contribution in [0.1, 0.15) is 22.8 Å². The molecule has 3 aromatic carbocycles. The van der Waals surface area contributed by atoms with E-state index in [1.165, 1.54) is 0 Å². The molecular formula is C25H19Cl2N3O3. The van der Waals surface area contributed by atoms with Crippen LogP contribution >= 0.6 is 23.2 Å². The molecule has 0 atom stereocenters. The van der Waals surface area contributed by atoms with E-state index in [-0.39, 0.29) is 16.6 Å². The Morgan fingerprint density at radius 2 is 1.64 bits per heavy atom. The Morgan fingerprint density at radius 3 is 2.36 bits per heavy atom. The predicted octanol–water partition coefficient (Wildman–Crippen LogP) is 5.59. The average Bonchev–Trinajstić information content (AvgIpc) is 3.03. The van der Waals surface area contributed by atoms with Crippen LogP contribution in [0.2, 0.25) is 5.02 Å². The lowest BCUT2D eigenvalue weighted by atomic mass is 10.1. The Balaban J connectivity index is 1.54. The van der Waals surface area contributed by atoms with Crippen molar-refractivity contribution >= 4 is 58.0 Å². The number of hydrogen-bond acceptors (Lipinski definition) is 4. The monoisotopic (exact) mass is 479 g/mol. The van der Waals surface area contributed by atoms with Gasteiger partial charge in [-0.15, -0.1) is 0 Å². The normalized spacial score (nSPS) is 13.5. The predicted molar refractivity (Wildman–Crippen MR) is 131 cm³/mol. The lowest BCUT2D eigenvalue weighted by Crippen LogP contribution is -2.32. The van der Waals surface area contributed by atoms with Gasteiger partial charge in [-0.25, -0.2) is 4.90 Å². The van der Waals surface area contributed by atoms with Crippen LogP contribution in [-0.2, 0) is 16.0 Å². The second-order valence-electron chi connectivity index (χ2n) is 7.28. The zero-order chi connectivity index (χ0) is 23.5. The number of carbonyl (C=O) groups is 3. The molecule has 0 spiro atoms. The highest BCUT2D eigenvalue weighted by Crippen LogP contribution is 2.31. The van der Waals surface area contributed by atoms with Crippen molar-refractivity contribution in [2.45, 2.75) is 13.3 Å². The molecule has 1 heterocycles. The van der Waals surface area contributed by atoms with Gasteiger partial charge in [-0.1, -0.05) is 54.4 Å². The van der Waals surface area contributed by atoms with E-state index in [0.717, 1.165) is 22.6 Å². The molecule has 0 radical (unpaired) electrons. The van der Waals surface area contributed by atoms with Crippen LogP contribution in [0.3, 0.4) is 0 Å². The minimum atomic E-state index is -0.642. The second-order valence-corrected chi connectivity index (χ2v) is 8.10. The molecule has 0 aliphatic carbocycles. The van der Waals surface area contributed by atoms with E-state index >= 15 is 0 Å². The molecule has 8 heteroatoms. The SMILES string of the molecule is CCc1ccccc1NC(=O)c1cccc(NC2=C(Cl)C(=O)N(c3ccc(Cl)cc3)C2=O)c1. The third-order valence-corrected chi connectivity index (χ3v) is 5.76. The van der Waals surface area contributed by atoms with Crippen LogP contribution in [-0.4, -0.2) is 17.7 Å². The van der Waals surface area contributed by atoms with Crippen LogP contribution in [0.4, 0.5) is 17.1 Å². The fourth-order valence-electron chi connectivity index (χ4n) is 3.46. The van der Waals surface area contributed by atoms with Crippen molar-refractivity contribution in [1.29, 1.82) is 0 Å². The number of rotatable bonds is 6. The summed E-state index contributed by atoms with van der Waals surface area (Å²) >= 11 is 12.1. The molecule has 3 amide bonds. The van der Waals surface area contributed by atoms with E-state index in [1.54, 1.807) is 48.5 Å². The molecule has 0 fully saturated rings. The van der Waals surface area contributed by atoms with Crippen molar-refractivity contribution in [1.82, 2.24) is 0 Å². The maximum atomic E-state index is 12.9. The first-order chi connectivity index (χ1) is 15.9. The zero-order valence-electron chi connectivity index (χ0n) is 17.6. The quantitative estimate of drug-likeness (QED) is 0.451. The molecule has 1 aliphatic rings. The van der Waals surface area contributed by atoms with Gasteiger partial charge in [0.1, 0.15) is 10.7 Å².